The first-order valence-electron chi connectivity index (χ1n) is 7.85. The monoisotopic (exact) mass is 380 g/mol. The van der Waals surface area contributed by atoms with E-state index in [4.69, 9.17) is 11.6 Å². The molecule has 0 unspecified atom stereocenters. The van der Waals surface area contributed by atoms with E-state index < -0.39 is 10.0 Å². The summed E-state index contributed by atoms with van der Waals surface area (Å²) in [4.78, 5) is 12.0. The maximum atomic E-state index is 12.0. The molecule has 0 radical (unpaired) electrons. The largest absolute Gasteiger partial charge is 0.326 e. The molecule has 0 aromatic heterocycles. The molecule has 134 valence electrons. The number of nitrogens with zero attached hydrogens (tertiary/aromatic N) is 1. The highest BCUT2D eigenvalue weighted by Crippen LogP contribution is 2.21. The quantitative estimate of drug-likeness (QED) is 0.793. The Bertz CT molecular complexity index is 836. The summed E-state index contributed by atoms with van der Waals surface area (Å²) in [5, 5.41) is 3.35. The van der Waals surface area contributed by atoms with Crippen LogP contribution in [-0.4, -0.2) is 27.1 Å². The lowest BCUT2D eigenvalue weighted by Gasteiger charge is -2.22. The number of anilines is 2. The molecule has 0 fully saturated rings. The number of amides is 1. The summed E-state index contributed by atoms with van der Waals surface area (Å²) in [6.07, 6.45) is 1.79. The van der Waals surface area contributed by atoms with Crippen LogP contribution in [0.25, 0.3) is 0 Å². The molecule has 5 nitrogen and oxygen atoms in total. The summed E-state index contributed by atoms with van der Waals surface area (Å²) in [5.41, 5.74) is 2.33. The SMILES string of the molecule is Cc1cccc(NC(=O)CCCN(c2ccc(Cl)cc2)S(C)(=O)=O)c1. The summed E-state index contributed by atoms with van der Waals surface area (Å²) in [6.45, 7) is 2.17. The van der Waals surface area contributed by atoms with Crippen LogP contribution in [0.2, 0.25) is 5.02 Å². The molecule has 7 heteroatoms. The van der Waals surface area contributed by atoms with Crippen LogP contribution in [0.1, 0.15) is 18.4 Å². The molecule has 2 aromatic carbocycles. The highest BCUT2D eigenvalue weighted by Gasteiger charge is 2.17. The average molecular weight is 381 g/mol. The van der Waals surface area contributed by atoms with Gasteiger partial charge in [-0.25, -0.2) is 8.42 Å². The first-order valence-corrected chi connectivity index (χ1v) is 10.1. The molecule has 2 aromatic rings. The van der Waals surface area contributed by atoms with Crippen molar-refractivity contribution in [2.45, 2.75) is 19.8 Å². The van der Waals surface area contributed by atoms with Crippen LogP contribution in [0.5, 0.6) is 0 Å². The van der Waals surface area contributed by atoms with Gasteiger partial charge in [-0.2, -0.15) is 0 Å². The average Bonchev–Trinajstić information content (AvgIpc) is 2.51. The van der Waals surface area contributed by atoms with Crippen molar-refractivity contribution in [1.82, 2.24) is 0 Å². The molecule has 1 amide bonds. The van der Waals surface area contributed by atoms with Crippen molar-refractivity contribution in [3.05, 3.63) is 59.1 Å². The molecule has 0 atom stereocenters. The Morgan fingerprint density at radius 2 is 1.84 bits per heavy atom. The van der Waals surface area contributed by atoms with Crippen LogP contribution in [-0.2, 0) is 14.8 Å². The Labute approximate surface area is 153 Å². The number of hydrogen-bond donors (Lipinski definition) is 1. The van der Waals surface area contributed by atoms with Crippen molar-refractivity contribution in [3.63, 3.8) is 0 Å². The zero-order valence-electron chi connectivity index (χ0n) is 14.2. The van der Waals surface area contributed by atoms with Crippen molar-refractivity contribution in [3.8, 4) is 0 Å². The summed E-state index contributed by atoms with van der Waals surface area (Å²) >= 11 is 5.84. The van der Waals surface area contributed by atoms with E-state index in [-0.39, 0.29) is 18.9 Å². The Morgan fingerprint density at radius 1 is 1.16 bits per heavy atom. The van der Waals surface area contributed by atoms with Crippen LogP contribution in [0, 0.1) is 6.92 Å². The lowest BCUT2D eigenvalue weighted by Crippen LogP contribution is -2.31. The predicted octanol–water partition coefficient (Wildman–Crippen LogP) is 3.83. The van der Waals surface area contributed by atoms with Crippen molar-refractivity contribution in [1.29, 1.82) is 0 Å². The molecule has 0 spiro atoms. The van der Waals surface area contributed by atoms with Gasteiger partial charge in [0, 0.05) is 23.7 Å². The van der Waals surface area contributed by atoms with E-state index in [2.05, 4.69) is 5.32 Å². The van der Waals surface area contributed by atoms with Gasteiger partial charge in [0.05, 0.1) is 11.9 Å². The second-order valence-electron chi connectivity index (χ2n) is 5.83. The number of nitrogens with one attached hydrogen (secondary N) is 1. The number of rotatable bonds is 7. The van der Waals surface area contributed by atoms with E-state index in [9.17, 15) is 13.2 Å². The van der Waals surface area contributed by atoms with E-state index >= 15 is 0 Å². The van der Waals surface area contributed by atoms with Gasteiger partial charge in [-0.1, -0.05) is 23.7 Å². The number of aryl methyl sites for hydroxylation is 1. The summed E-state index contributed by atoms with van der Waals surface area (Å²) in [7, 11) is -3.43. The molecule has 0 aliphatic heterocycles. The third kappa shape index (κ3) is 6.07. The second-order valence-corrected chi connectivity index (χ2v) is 8.18. The standard InChI is InChI=1S/C18H21ClN2O3S/c1-14-5-3-6-16(13-14)20-18(22)7-4-12-21(25(2,23)24)17-10-8-15(19)9-11-17/h3,5-6,8-11,13H,4,7,12H2,1-2H3,(H,20,22). The second kappa shape index (κ2) is 8.36. The fourth-order valence-corrected chi connectivity index (χ4v) is 3.51. The van der Waals surface area contributed by atoms with Gasteiger partial charge in [-0.3, -0.25) is 9.10 Å². The van der Waals surface area contributed by atoms with Gasteiger partial charge in [0.25, 0.3) is 0 Å². The highest BCUT2D eigenvalue weighted by molar-refractivity contribution is 7.92. The minimum absolute atomic E-state index is 0.143. The Kier molecular flexibility index (Phi) is 6.45. The topological polar surface area (TPSA) is 66.5 Å². The molecule has 2 rings (SSSR count). The molecule has 25 heavy (non-hydrogen) atoms. The number of benzene rings is 2. The molecule has 0 saturated carbocycles. The van der Waals surface area contributed by atoms with Crippen LogP contribution >= 0.6 is 11.6 Å². The molecule has 1 N–H and O–H groups in total. The minimum atomic E-state index is -3.43. The van der Waals surface area contributed by atoms with E-state index in [1.807, 2.05) is 31.2 Å². The van der Waals surface area contributed by atoms with Crippen LogP contribution in [0.4, 0.5) is 11.4 Å². The van der Waals surface area contributed by atoms with E-state index in [0.29, 0.717) is 17.1 Å². The predicted molar refractivity (Wildman–Crippen MR) is 103 cm³/mol. The normalized spacial score (nSPS) is 11.2. The molecule has 0 heterocycles. The van der Waals surface area contributed by atoms with E-state index in [1.54, 1.807) is 24.3 Å². The molecule has 0 aliphatic carbocycles. The van der Waals surface area contributed by atoms with Gasteiger partial charge in [0.15, 0.2) is 0 Å². The molecule has 0 bridgehead atoms. The van der Waals surface area contributed by atoms with Gasteiger partial charge < -0.3 is 5.32 Å². The number of carbonyl (C=O) groups is 1. The molecule has 0 aliphatic rings. The van der Waals surface area contributed by atoms with E-state index in [0.717, 1.165) is 17.5 Å². The van der Waals surface area contributed by atoms with Crippen molar-refractivity contribution in [2.24, 2.45) is 0 Å². The fourth-order valence-electron chi connectivity index (χ4n) is 2.42. The maximum absolute atomic E-state index is 12.0. The molecular weight excluding hydrogens is 360 g/mol. The van der Waals surface area contributed by atoms with E-state index in [1.165, 1.54) is 4.31 Å². The Balaban J connectivity index is 1.95. The summed E-state index contributed by atoms with van der Waals surface area (Å²) in [6, 6.07) is 14.1. The fraction of sp³-hybridized carbons (Fsp3) is 0.278. The number of carbonyl (C=O) groups excluding carboxylic acids is 1. The third-order valence-corrected chi connectivity index (χ3v) is 5.03. The van der Waals surface area contributed by atoms with Gasteiger partial charge in [0.1, 0.15) is 0 Å². The van der Waals surface area contributed by atoms with Gasteiger partial charge in [0.2, 0.25) is 15.9 Å². The van der Waals surface area contributed by atoms with Gasteiger partial charge in [-0.15, -0.1) is 0 Å². The first-order chi connectivity index (χ1) is 11.8. The first kappa shape index (κ1) is 19.3. The Hall–Kier alpha value is -2.05. The third-order valence-electron chi connectivity index (χ3n) is 3.58. The zero-order chi connectivity index (χ0) is 18.4. The molecular formula is C18H21ClN2O3S. The number of halogens is 1. The maximum Gasteiger partial charge on any atom is 0.232 e. The minimum Gasteiger partial charge on any atom is -0.326 e. The molecule has 0 saturated heterocycles. The smallest absolute Gasteiger partial charge is 0.232 e. The lowest BCUT2D eigenvalue weighted by molar-refractivity contribution is -0.116. The lowest BCUT2D eigenvalue weighted by atomic mass is 10.2. The van der Waals surface area contributed by atoms with Crippen molar-refractivity contribution < 1.29 is 13.2 Å². The summed E-state index contributed by atoms with van der Waals surface area (Å²) < 4.78 is 25.3. The highest BCUT2D eigenvalue weighted by atomic mass is 35.5. The van der Waals surface area contributed by atoms with Crippen LogP contribution in [0.15, 0.2) is 48.5 Å². The van der Waals surface area contributed by atoms with Crippen LogP contribution < -0.4 is 9.62 Å². The van der Waals surface area contributed by atoms with Gasteiger partial charge in [-0.05, 0) is 55.3 Å². The van der Waals surface area contributed by atoms with Crippen LogP contribution in [0.3, 0.4) is 0 Å². The number of hydrogen-bond acceptors (Lipinski definition) is 3. The number of sulfonamides is 1. The summed E-state index contributed by atoms with van der Waals surface area (Å²) in [5.74, 6) is -0.143. The van der Waals surface area contributed by atoms with Crippen molar-refractivity contribution in [2.75, 3.05) is 22.4 Å². The van der Waals surface area contributed by atoms with Crippen molar-refractivity contribution >= 4 is 38.9 Å². The zero-order valence-corrected chi connectivity index (χ0v) is 15.8. The van der Waals surface area contributed by atoms with Gasteiger partial charge >= 0.3 is 0 Å². The Morgan fingerprint density at radius 3 is 2.44 bits per heavy atom.